The van der Waals surface area contributed by atoms with E-state index >= 15 is 0 Å². The predicted molar refractivity (Wildman–Crippen MR) is 86.1 cm³/mol. The number of hydrogen-bond acceptors (Lipinski definition) is 4. The molecule has 1 amide bonds. The summed E-state index contributed by atoms with van der Waals surface area (Å²) in [5.41, 5.74) is 0.944. The Bertz CT molecular complexity index is 521. The molecule has 126 valence electrons. The monoisotopic (exact) mass is 320 g/mol. The van der Waals surface area contributed by atoms with Gasteiger partial charge in [-0.3, -0.25) is 9.69 Å². The van der Waals surface area contributed by atoms with Gasteiger partial charge in [0.25, 0.3) is 0 Å². The highest BCUT2D eigenvalue weighted by Crippen LogP contribution is 2.17. The van der Waals surface area contributed by atoms with Crippen molar-refractivity contribution >= 4 is 12.1 Å². The quantitative estimate of drug-likeness (QED) is 0.870. The number of likely N-dealkylation sites (N-methyl/N-ethyl adjacent to an activating group) is 1. The summed E-state index contributed by atoms with van der Waals surface area (Å²) in [6, 6.07) is 9.61. The zero-order chi connectivity index (χ0) is 16.7. The van der Waals surface area contributed by atoms with Crippen molar-refractivity contribution in [1.82, 2.24) is 9.80 Å². The van der Waals surface area contributed by atoms with Crippen LogP contribution in [0.1, 0.15) is 24.8 Å². The molecule has 1 N–H and O–H groups in total. The number of nitrogens with zero attached hydrogens (tertiary/aromatic N) is 2. The topological polar surface area (TPSA) is 70.1 Å². The van der Waals surface area contributed by atoms with Crippen LogP contribution in [0.4, 0.5) is 4.79 Å². The Balaban J connectivity index is 1.82. The van der Waals surface area contributed by atoms with Crippen LogP contribution >= 0.6 is 0 Å². The molecule has 1 atom stereocenters. The third kappa shape index (κ3) is 5.56. The molecule has 6 nitrogen and oxygen atoms in total. The number of carbonyl (C=O) groups excluding carboxylic acids is 1. The van der Waals surface area contributed by atoms with E-state index in [0.29, 0.717) is 6.54 Å². The molecule has 1 fully saturated rings. The number of ether oxygens (including phenoxy) is 1. The highest BCUT2D eigenvalue weighted by atomic mass is 16.6. The minimum atomic E-state index is -0.828. The summed E-state index contributed by atoms with van der Waals surface area (Å²) in [4.78, 5) is 26.5. The number of amides is 1. The first-order valence-electron chi connectivity index (χ1n) is 7.94. The van der Waals surface area contributed by atoms with Gasteiger partial charge in [-0.05, 0) is 24.9 Å². The lowest BCUT2D eigenvalue weighted by atomic mass is 10.0. The van der Waals surface area contributed by atoms with Crippen LogP contribution in [-0.2, 0) is 16.1 Å². The second-order valence-corrected chi connectivity index (χ2v) is 5.93. The average molecular weight is 320 g/mol. The van der Waals surface area contributed by atoms with Crippen molar-refractivity contribution in [1.29, 1.82) is 0 Å². The molecule has 0 aliphatic carbocycles. The van der Waals surface area contributed by atoms with E-state index in [1.165, 1.54) is 4.90 Å². The van der Waals surface area contributed by atoms with Crippen LogP contribution in [-0.4, -0.2) is 59.7 Å². The molecule has 0 saturated carbocycles. The minimum absolute atomic E-state index is 0.0254. The molecule has 1 aliphatic rings. The van der Waals surface area contributed by atoms with Gasteiger partial charge in [0.2, 0.25) is 0 Å². The molecule has 1 aliphatic heterocycles. The van der Waals surface area contributed by atoms with Crippen molar-refractivity contribution in [2.45, 2.75) is 31.9 Å². The molecule has 23 heavy (non-hydrogen) atoms. The van der Waals surface area contributed by atoms with Crippen LogP contribution in [0.2, 0.25) is 0 Å². The number of hydrogen-bond donors (Lipinski definition) is 1. The van der Waals surface area contributed by atoms with Gasteiger partial charge < -0.3 is 14.7 Å². The molecule has 0 aromatic heterocycles. The lowest BCUT2D eigenvalue weighted by Crippen LogP contribution is -2.49. The SMILES string of the molecule is CN(C[C@H]1CCCCN1CC(=O)O)C(=O)OCc1ccccc1. The number of rotatable bonds is 6. The molecule has 2 rings (SSSR count). The predicted octanol–water partition coefficient (Wildman–Crippen LogP) is 2.19. The third-order valence-corrected chi connectivity index (χ3v) is 4.09. The van der Waals surface area contributed by atoms with Gasteiger partial charge in [-0.2, -0.15) is 0 Å². The van der Waals surface area contributed by atoms with Crippen molar-refractivity contribution in [3.8, 4) is 0 Å². The van der Waals surface area contributed by atoms with E-state index < -0.39 is 5.97 Å². The van der Waals surface area contributed by atoms with E-state index in [0.717, 1.165) is 31.4 Å². The zero-order valence-corrected chi connectivity index (χ0v) is 13.5. The van der Waals surface area contributed by atoms with Crippen LogP contribution in [0.3, 0.4) is 0 Å². The zero-order valence-electron chi connectivity index (χ0n) is 13.5. The van der Waals surface area contributed by atoms with Crippen LogP contribution in [0.5, 0.6) is 0 Å². The van der Waals surface area contributed by atoms with E-state index in [9.17, 15) is 9.59 Å². The number of carboxylic acids is 1. The first-order valence-corrected chi connectivity index (χ1v) is 7.94. The number of benzene rings is 1. The summed E-state index contributed by atoms with van der Waals surface area (Å²) in [5, 5.41) is 8.99. The molecule has 0 spiro atoms. The molecule has 1 heterocycles. The molecule has 1 saturated heterocycles. The van der Waals surface area contributed by atoms with E-state index in [1.807, 2.05) is 35.2 Å². The fourth-order valence-corrected chi connectivity index (χ4v) is 2.87. The Hall–Kier alpha value is -2.08. The Labute approximate surface area is 136 Å². The summed E-state index contributed by atoms with van der Waals surface area (Å²) < 4.78 is 5.30. The number of carbonyl (C=O) groups is 2. The Morgan fingerprint density at radius 3 is 2.74 bits per heavy atom. The number of likely N-dealkylation sites (tertiary alicyclic amines) is 1. The molecule has 1 aromatic carbocycles. The molecular weight excluding hydrogens is 296 g/mol. The maximum atomic E-state index is 12.1. The average Bonchev–Trinajstić information content (AvgIpc) is 2.55. The summed E-state index contributed by atoms with van der Waals surface area (Å²) in [6.45, 7) is 1.52. The second-order valence-electron chi connectivity index (χ2n) is 5.93. The summed E-state index contributed by atoms with van der Waals surface area (Å²) in [6.07, 6.45) is 2.60. The number of aliphatic carboxylic acids is 1. The molecule has 0 unspecified atom stereocenters. The second kappa shape index (κ2) is 8.53. The van der Waals surface area contributed by atoms with Crippen LogP contribution in [0, 0.1) is 0 Å². The van der Waals surface area contributed by atoms with E-state index in [2.05, 4.69) is 0 Å². The molecule has 1 aromatic rings. The van der Waals surface area contributed by atoms with Gasteiger partial charge in [-0.1, -0.05) is 36.8 Å². The highest BCUT2D eigenvalue weighted by molar-refractivity contribution is 5.69. The largest absolute Gasteiger partial charge is 0.480 e. The summed E-state index contributed by atoms with van der Waals surface area (Å²) in [5.74, 6) is -0.828. The van der Waals surface area contributed by atoms with Gasteiger partial charge >= 0.3 is 12.1 Å². The number of piperidine rings is 1. The van der Waals surface area contributed by atoms with Gasteiger partial charge in [0.1, 0.15) is 6.61 Å². The minimum Gasteiger partial charge on any atom is -0.480 e. The molecule has 0 radical (unpaired) electrons. The maximum absolute atomic E-state index is 12.1. The van der Waals surface area contributed by atoms with Gasteiger partial charge in [0, 0.05) is 19.6 Å². The normalized spacial score (nSPS) is 18.4. The van der Waals surface area contributed by atoms with E-state index in [4.69, 9.17) is 9.84 Å². The summed E-state index contributed by atoms with van der Waals surface area (Å²) >= 11 is 0. The number of carboxylic acid groups (broad SMARTS) is 1. The van der Waals surface area contributed by atoms with Gasteiger partial charge in [-0.25, -0.2) is 4.79 Å². The van der Waals surface area contributed by atoms with Crippen LogP contribution in [0.15, 0.2) is 30.3 Å². The standard InChI is InChI=1S/C17H24N2O4/c1-18(17(22)23-13-14-7-3-2-4-8-14)11-15-9-5-6-10-19(15)12-16(20)21/h2-4,7-8,15H,5-6,9-13H2,1H3,(H,20,21)/t15-/m1/s1. The van der Waals surface area contributed by atoms with Crippen molar-refractivity contribution in [3.63, 3.8) is 0 Å². The Kier molecular flexibility index (Phi) is 6.40. The molecular formula is C17H24N2O4. The van der Waals surface area contributed by atoms with Gasteiger partial charge in [0.15, 0.2) is 0 Å². The maximum Gasteiger partial charge on any atom is 0.409 e. The van der Waals surface area contributed by atoms with Gasteiger partial charge in [-0.15, -0.1) is 0 Å². The first-order chi connectivity index (χ1) is 11.1. The summed E-state index contributed by atoms with van der Waals surface area (Å²) in [7, 11) is 1.70. The Morgan fingerprint density at radius 1 is 1.30 bits per heavy atom. The highest BCUT2D eigenvalue weighted by Gasteiger charge is 2.26. The van der Waals surface area contributed by atoms with Crippen LogP contribution in [0.25, 0.3) is 0 Å². The van der Waals surface area contributed by atoms with E-state index in [-0.39, 0.29) is 25.3 Å². The van der Waals surface area contributed by atoms with E-state index in [1.54, 1.807) is 7.05 Å². The van der Waals surface area contributed by atoms with Gasteiger partial charge in [0.05, 0.1) is 6.54 Å². The van der Waals surface area contributed by atoms with Crippen molar-refractivity contribution < 1.29 is 19.4 Å². The Morgan fingerprint density at radius 2 is 2.04 bits per heavy atom. The van der Waals surface area contributed by atoms with Crippen LogP contribution < -0.4 is 0 Å². The fourth-order valence-electron chi connectivity index (χ4n) is 2.87. The van der Waals surface area contributed by atoms with Crippen molar-refractivity contribution in [3.05, 3.63) is 35.9 Å². The van der Waals surface area contributed by atoms with Crippen molar-refractivity contribution in [2.75, 3.05) is 26.7 Å². The molecule has 0 bridgehead atoms. The lowest BCUT2D eigenvalue weighted by Gasteiger charge is -2.36. The van der Waals surface area contributed by atoms with Crippen molar-refractivity contribution in [2.24, 2.45) is 0 Å². The first kappa shape index (κ1) is 17.3. The fraction of sp³-hybridized carbons (Fsp3) is 0.529. The third-order valence-electron chi connectivity index (χ3n) is 4.09. The smallest absolute Gasteiger partial charge is 0.409 e. The molecule has 6 heteroatoms. The lowest BCUT2D eigenvalue weighted by molar-refractivity contribution is -0.139.